The van der Waals surface area contributed by atoms with E-state index in [9.17, 15) is 9.59 Å². The average Bonchev–Trinajstić information content (AvgIpc) is 3.20. The van der Waals surface area contributed by atoms with Crippen molar-refractivity contribution in [1.82, 2.24) is 29.9 Å². The number of aryl methyl sites for hydroxylation is 1. The Morgan fingerprint density at radius 1 is 1.17 bits per heavy atom. The Bertz CT molecular complexity index is 1260. The normalized spacial score (nSPS) is 11.9. The lowest BCUT2D eigenvalue weighted by atomic mass is 10.0. The molecule has 4 aromatic rings. The smallest absolute Gasteiger partial charge is 0.278 e. The molecule has 152 valence electrons. The number of imidazole rings is 1. The second-order valence-corrected chi connectivity index (χ2v) is 6.71. The van der Waals surface area contributed by atoms with Gasteiger partial charge in [-0.25, -0.2) is 9.67 Å². The first kappa shape index (κ1) is 19.3. The molecule has 1 unspecified atom stereocenters. The summed E-state index contributed by atoms with van der Waals surface area (Å²) in [7, 11) is 3.41. The number of ether oxygens (including phenoxy) is 1. The highest BCUT2D eigenvalue weighted by molar-refractivity contribution is 5.79. The van der Waals surface area contributed by atoms with E-state index in [2.05, 4.69) is 20.6 Å². The van der Waals surface area contributed by atoms with E-state index in [4.69, 9.17) is 4.74 Å². The van der Waals surface area contributed by atoms with Crippen LogP contribution in [0.15, 0.2) is 65.7 Å². The third kappa shape index (κ3) is 3.64. The molecule has 0 radical (unpaired) electrons. The minimum Gasteiger partial charge on any atom is -0.496 e. The van der Waals surface area contributed by atoms with E-state index in [-0.39, 0.29) is 12.1 Å². The van der Waals surface area contributed by atoms with Crippen LogP contribution in [0.2, 0.25) is 0 Å². The Balaban J connectivity index is 1.65. The van der Waals surface area contributed by atoms with Crippen LogP contribution in [-0.2, 0) is 18.4 Å². The number of methoxy groups -OCH3 is 1. The lowest BCUT2D eigenvalue weighted by Gasteiger charge is -2.21. The highest BCUT2D eigenvalue weighted by Gasteiger charge is 2.24. The molecule has 2 aromatic heterocycles. The van der Waals surface area contributed by atoms with Crippen molar-refractivity contribution in [1.29, 1.82) is 0 Å². The lowest BCUT2D eigenvalue weighted by Crippen LogP contribution is -2.37. The Kier molecular flexibility index (Phi) is 5.25. The highest BCUT2D eigenvalue weighted by atomic mass is 16.5. The van der Waals surface area contributed by atoms with Gasteiger partial charge in [0, 0.05) is 25.0 Å². The zero-order valence-electron chi connectivity index (χ0n) is 16.5. The van der Waals surface area contributed by atoms with Gasteiger partial charge in [0.1, 0.15) is 29.7 Å². The number of nitrogens with one attached hydrogen (secondary N) is 1. The molecule has 4 rings (SSSR count). The molecule has 0 spiro atoms. The van der Waals surface area contributed by atoms with Gasteiger partial charge < -0.3 is 14.6 Å². The van der Waals surface area contributed by atoms with Crippen LogP contribution in [0.5, 0.6) is 5.75 Å². The van der Waals surface area contributed by atoms with E-state index in [1.807, 2.05) is 35.9 Å². The molecule has 1 amide bonds. The fraction of sp³-hybridized carbons (Fsp3) is 0.190. The first-order chi connectivity index (χ1) is 14.6. The molecule has 9 nitrogen and oxygen atoms in total. The quantitative estimate of drug-likeness (QED) is 0.522. The number of nitrogens with zero attached hydrogens (tertiary/aromatic N) is 5. The van der Waals surface area contributed by atoms with Crippen LogP contribution < -0.4 is 15.6 Å². The molecule has 1 N–H and O–H groups in total. The average molecular weight is 404 g/mol. The molecule has 0 aliphatic heterocycles. The van der Waals surface area contributed by atoms with Crippen LogP contribution >= 0.6 is 0 Å². The summed E-state index contributed by atoms with van der Waals surface area (Å²) in [5.41, 5.74) is 0.861. The first-order valence-corrected chi connectivity index (χ1v) is 9.30. The van der Waals surface area contributed by atoms with Crippen LogP contribution in [0, 0.1) is 0 Å². The Morgan fingerprint density at radius 2 is 1.93 bits per heavy atom. The predicted octanol–water partition coefficient (Wildman–Crippen LogP) is 1.44. The van der Waals surface area contributed by atoms with E-state index >= 15 is 0 Å². The Hall–Kier alpha value is -4.01. The van der Waals surface area contributed by atoms with E-state index in [1.165, 1.54) is 0 Å². The minimum atomic E-state index is -0.572. The number of rotatable bonds is 6. The van der Waals surface area contributed by atoms with Gasteiger partial charge in [-0.3, -0.25) is 9.59 Å². The van der Waals surface area contributed by atoms with Gasteiger partial charge in [0.25, 0.3) is 5.56 Å². The summed E-state index contributed by atoms with van der Waals surface area (Å²) in [6.07, 6.45) is 3.45. The molecule has 0 fully saturated rings. The molecule has 0 aliphatic carbocycles. The summed E-state index contributed by atoms with van der Waals surface area (Å²) in [5, 5.41) is 11.3. The number of hydrogen-bond donors (Lipinski definition) is 1. The fourth-order valence-corrected chi connectivity index (χ4v) is 3.31. The van der Waals surface area contributed by atoms with Gasteiger partial charge in [-0.05, 0) is 18.2 Å². The van der Waals surface area contributed by atoms with Crippen molar-refractivity contribution in [2.24, 2.45) is 7.05 Å². The molecule has 2 heterocycles. The first-order valence-electron chi connectivity index (χ1n) is 9.30. The standard InChI is InChI=1S/C21H20N6O3/c1-26-12-11-22-20(26)19(15-8-4-6-10-17(15)30-2)23-18(28)13-27-21(29)14-7-3-5-9-16(14)24-25-27/h3-12,19H,13H2,1-2H3,(H,23,28). The third-order valence-corrected chi connectivity index (χ3v) is 4.79. The van der Waals surface area contributed by atoms with Gasteiger partial charge in [0.15, 0.2) is 0 Å². The molecule has 2 aromatic carbocycles. The molecule has 0 aliphatic rings. The minimum absolute atomic E-state index is 0.271. The Morgan fingerprint density at radius 3 is 2.70 bits per heavy atom. The number of benzene rings is 2. The SMILES string of the molecule is COc1ccccc1C(NC(=O)Cn1nnc2ccccc2c1=O)c1nccn1C. The number of hydrogen-bond acceptors (Lipinski definition) is 6. The zero-order valence-corrected chi connectivity index (χ0v) is 16.5. The van der Waals surface area contributed by atoms with Gasteiger partial charge in [-0.15, -0.1) is 5.10 Å². The second-order valence-electron chi connectivity index (χ2n) is 6.71. The molecule has 30 heavy (non-hydrogen) atoms. The Labute approximate surface area is 171 Å². The summed E-state index contributed by atoms with van der Waals surface area (Å²) in [6, 6.07) is 13.7. The fourth-order valence-electron chi connectivity index (χ4n) is 3.31. The summed E-state index contributed by atoms with van der Waals surface area (Å²) in [4.78, 5) is 29.9. The molecule has 0 saturated heterocycles. The molecular weight excluding hydrogens is 384 g/mol. The van der Waals surface area contributed by atoms with E-state index < -0.39 is 11.9 Å². The number of fused-ring (bicyclic) bond motifs is 1. The number of carbonyl (C=O) groups is 1. The molecule has 9 heteroatoms. The van der Waals surface area contributed by atoms with Crippen LogP contribution in [0.3, 0.4) is 0 Å². The van der Waals surface area contributed by atoms with Crippen LogP contribution in [0.1, 0.15) is 17.4 Å². The van der Waals surface area contributed by atoms with Gasteiger partial charge in [0.05, 0.1) is 12.5 Å². The number of amides is 1. The number of aromatic nitrogens is 5. The lowest BCUT2D eigenvalue weighted by molar-refractivity contribution is -0.122. The van der Waals surface area contributed by atoms with Crippen LogP contribution in [-0.4, -0.2) is 37.6 Å². The van der Waals surface area contributed by atoms with Crippen molar-refractivity contribution in [3.05, 3.63) is 82.7 Å². The summed E-state index contributed by atoms with van der Waals surface area (Å²) in [5.74, 6) is 0.846. The monoisotopic (exact) mass is 404 g/mol. The van der Waals surface area contributed by atoms with Crippen LogP contribution in [0.4, 0.5) is 0 Å². The van der Waals surface area contributed by atoms with Crippen molar-refractivity contribution in [3.63, 3.8) is 0 Å². The van der Waals surface area contributed by atoms with Gasteiger partial charge in [0.2, 0.25) is 5.91 Å². The van der Waals surface area contributed by atoms with E-state index in [1.54, 1.807) is 43.8 Å². The number of carbonyl (C=O) groups excluding carboxylic acids is 1. The topological polar surface area (TPSA) is 104 Å². The van der Waals surface area contributed by atoms with Gasteiger partial charge >= 0.3 is 0 Å². The molecule has 0 saturated carbocycles. The van der Waals surface area contributed by atoms with Gasteiger partial charge in [-0.1, -0.05) is 35.5 Å². The summed E-state index contributed by atoms with van der Waals surface area (Å²) in [6.45, 7) is -0.271. The van der Waals surface area contributed by atoms with Crippen molar-refractivity contribution >= 4 is 16.8 Å². The highest BCUT2D eigenvalue weighted by Crippen LogP contribution is 2.28. The molecule has 1 atom stereocenters. The number of para-hydroxylation sites is 1. The van der Waals surface area contributed by atoms with E-state index in [0.29, 0.717) is 22.5 Å². The second kappa shape index (κ2) is 8.16. The maximum Gasteiger partial charge on any atom is 0.278 e. The predicted molar refractivity (Wildman–Crippen MR) is 110 cm³/mol. The molecule has 0 bridgehead atoms. The molecular formula is C21H20N6O3. The zero-order chi connectivity index (χ0) is 21.1. The summed E-state index contributed by atoms with van der Waals surface area (Å²) < 4.78 is 8.34. The van der Waals surface area contributed by atoms with E-state index in [0.717, 1.165) is 10.2 Å². The van der Waals surface area contributed by atoms with Crippen molar-refractivity contribution < 1.29 is 9.53 Å². The third-order valence-electron chi connectivity index (χ3n) is 4.79. The van der Waals surface area contributed by atoms with Crippen molar-refractivity contribution in [3.8, 4) is 5.75 Å². The maximum atomic E-state index is 12.9. The largest absolute Gasteiger partial charge is 0.496 e. The van der Waals surface area contributed by atoms with Crippen molar-refractivity contribution in [2.45, 2.75) is 12.6 Å². The van der Waals surface area contributed by atoms with Crippen molar-refractivity contribution in [2.75, 3.05) is 7.11 Å². The van der Waals surface area contributed by atoms with Gasteiger partial charge in [-0.2, -0.15) is 0 Å². The van der Waals surface area contributed by atoms with Crippen LogP contribution in [0.25, 0.3) is 10.9 Å². The maximum absolute atomic E-state index is 12.9. The summed E-state index contributed by atoms with van der Waals surface area (Å²) >= 11 is 0.